The molecule has 1 amide bonds. The molecule has 3 aromatic carbocycles. The highest BCUT2D eigenvalue weighted by Gasteiger charge is 2.34. The van der Waals surface area contributed by atoms with Gasteiger partial charge in [-0.2, -0.15) is 0 Å². The number of carbonyl (C=O) groups excluding carboxylic acids is 1. The number of nitro groups is 1. The molecule has 1 aliphatic heterocycles. The monoisotopic (exact) mass is 522 g/mol. The maximum atomic E-state index is 13.2. The minimum atomic E-state index is -0.444. The molecule has 1 saturated heterocycles. The third kappa shape index (κ3) is 5.50. The molecule has 184 valence electrons. The van der Waals surface area contributed by atoms with Crippen molar-refractivity contribution in [2.45, 2.75) is 13.5 Å². The highest BCUT2D eigenvalue weighted by atomic mass is 32.2. The second kappa shape index (κ2) is 11.2. The summed E-state index contributed by atoms with van der Waals surface area (Å²) in [5, 5.41) is 11.0. The van der Waals surface area contributed by atoms with Crippen molar-refractivity contribution in [2.24, 2.45) is 0 Å². The zero-order chi connectivity index (χ0) is 25.7. The van der Waals surface area contributed by atoms with Crippen LogP contribution in [0.2, 0.25) is 0 Å². The van der Waals surface area contributed by atoms with E-state index in [1.807, 2.05) is 19.1 Å². The number of hydrogen-bond acceptors (Lipinski definition) is 8. The molecular formula is C26H22N2O6S2. The maximum Gasteiger partial charge on any atom is 0.270 e. The highest BCUT2D eigenvalue weighted by Crippen LogP contribution is 2.40. The van der Waals surface area contributed by atoms with Gasteiger partial charge in [0.25, 0.3) is 11.6 Å². The Morgan fingerprint density at radius 2 is 1.83 bits per heavy atom. The van der Waals surface area contributed by atoms with E-state index >= 15 is 0 Å². The van der Waals surface area contributed by atoms with Crippen LogP contribution in [-0.2, 0) is 11.4 Å². The summed E-state index contributed by atoms with van der Waals surface area (Å²) in [6.07, 6.45) is 1.75. The average Bonchev–Trinajstić information content (AvgIpc) is 3.16. The lowest BCUT2D eigenvalue weighted by Crippen LogP contribution is -2.27. The van der Waals surface area contributed by atoms with Crippen molar-refractivity contribution >= 4 is 51.7 Å². The lowest BCUT2D eigenvalue weighted by molar-refractivity contribution is -0.384. The van der Waals surface area contributed by atoms with Crippen LogP contribution in [0.4, 0.5) is 11.4 Å². The molecule has 0 bridgehead atoms. The molecule has 8 nitrogen and oxygen atoms in total. The Morgan fingerprint density at radius 3 is 2.58 bits per heavy atom. The molecule has 3 aromatic rings. The minimum absolute atomic E-state index is 0.00177. The first kappa shape index (κ1) is 25.2. The summed E-state index contributed by atoms with van der Waals surface area (Å²) in [7, 11) is 1.55. The number of thioether (sulfide) groups is 1. The number of ether oxygens (including phenoxy) is 3. The Balaban J connectivity index is 1.56. The van der Waals surface area contributed by atoms with Crippen LogP contribution in [0.15, 0.2) is 71.6 Å². The van der Waals surface area contributed by atoms with Crippen molar-refractivity contribution < 1.29 is 23.9 Å². The van der Waals surface area contributed by atoms with Gasteiger partial charge in [0.1, 0.15) is 12.4 Å². The molecule has 1 aliphatic rings. The fourth-order valence-corrected chi connectivity index (χ4v) is 4.85. The van der Waals surface area contributed by atoms with Crippen LogP contribution in [0.1, 0.15) is 18.1 Å². The molecular weight excluding hydrogens is 500 g/mol. The van der Waals surface area contributed by atoms with Gasteiger partial charge in [-0.3, -0.25) is 19.8 Å². The van der Waals surface area contributed by atoms with Crippen LogP contribution in [0.3, 0.4) is 0 Å². The number of hydrogen-bond donors (Lipinski definition) is 0. The number of thiocarbonyl (C=S) groups is 1. The predicted octanol–water partition coefficient (Wildman–Crippen LogP) is 5.99. The van der Waals surface area contributed by atoms with Crippen LogP contribution >= 0.6 is 24.0 Å². The first-order valence-corrected chi connectivity index (χ1v) is 12.2. The number of nitrogens with zero attached hydrogens (tertiary/aromatic N) is 2. The summed E-state index contributed by atoms with van der Waals surface area (Å²) in [5.41, 5.74) is 1.99. The largest absolute Gasteiger partial charge is 0.495 e. The van der Waals surface area contributed by atoms with E-state index in [0.717, 1.165) is 5.56 Å². The van der Waals surface area contributed by atoms with Crippen LogP contribution in [0.5, 0.6) is 17.2 Å². The second-order valence-electron chi connectivity index (χ2n) is 7.54. The second-order valence-corrected chi connectivity index (χ2v) is 9.22. The molecule has 0 atom stereocenters. The Hall–Kier alpha value is -3.89. The Kier molecular flexibility index (Phi) is 7.87. The lowest BCUT2D eigenvalue weighted by atomic mass is 10.1. The zero-order valence-corrected chi connectivity index (χ0v) is 21.1. The van der Waals surface area contributed by atoms with E-state index in [4.69, 9.17) is 26.4 Å². The third-order valence-corrected chi connectivity index (χ3v) is 6.50. The topological polar surface area (TPSA) is 91.1 Å². The molecule has 0 unspecified atom stereocenters. The average molecular weight is 523 g/mol. The van der Waals surface area contributed by atoms with Crippen molar-refractivity contribution in [3.8, 4) is 17.2 Å². The van der Waals surface area contributed by atoms with Gasteiger partial charge in [-0.25, -0.2) is 0 Å². The van der Waals surface area contributed by atoms with Crippen LogP contribution in [-0.4, -0.2) is 28.9 Å². The van der Waals surface area contributed by atoms with Gasteiger partial charge < -0.3 is 14.2 Å². The van der Waals surface area contributed by atoms with Crippen LogP contribution < -0.4 is 19.1 Å². The van der Waals surface area contributed by atoms with E-state index < -0.39 is 4.92 Å². The minimum Gasteiger partial charge on any atom is -0.495 e. The summed E-state index contributed by atoms with van der Waals surface area (Å²) >= 11 is 6.69. The molecule has 1 heterocycles. The van der Waals surface area contributed by atoms with Crippen molar-refractivity contribution in [1.82, 2.24) is 0 Å². The first-order chi connectivity index (χ1) is 17.4. The third-order valence-electron chi connectivity index (χ3n) is 5.20. The summed E-state index contributed by atoms with van der Waals surface area (Å²) in [6, 6.07) is 18.8. The SMILES string of the molecule is CCOc1cc(/C=C2/SC(=S)N(c3ccccc3OC)C2=O)ccc1OCc1cccc([N+](=O)[O-])c1. The summed E-state index contributed by atoms with van der Waals surface area (Å²) in [6.45, 7) is 2.40. The number of non-ortho nitro benzene ring substituents is 1. The fourth-order valence-electron chi connectivity index (χ4n) is 3.56. The first-order valence-electron chi connectivity index (χ1n) is 10.9. The van der Waals surface area contributed by atoms with E-state index in [1.165, 1.54) is 28.8 Å². The number of methoxy groups -OCH3 is 1. The molecule has 36 heavy (non-hydrogen) atoms. The van der Waals surface area contributed by atoms with Crippen molar-refractivity contribution in [3.05, 3.63) is 92.9 Å². The van der Waals surface area contributed by atoms with E-state index in [1.54, 1.807) is 55.7 Å². The quantitative estimate of drug-likeness (QED) is 0.147. The molecule has 0 radical (unpaired) electrons. The summed E-state index contributed by atoms with van der Waals surface area (Å²) in [4.78, 5) is 25.7. The van der Waals surface area contributed by atoms with Gasteiger partial charge in [0.15, 0.2) is 15.8 Å². The standard InChI is InChI=1S/C26H22N2O6S2/c1-3-33-23-14-17(11-12-22(23)34-16-18-7-6-8-19(13-18)28(30)31)15-24-25(29)27(26(35)36-24)20-9-4-5-10-21(20)32-2/h4-15H,3,16H2,1-2H3/b24-15+. The van der Waals surface area contributed by atoms with Crippen LogP contribution in [0, 0.1) is 10.1 Å². The number of anilines is 1. The smallest absolute Gasteiger partial charge is 0.270 e. The Morgan fingerprint density at radius 1 is 1.03 bits per heavy atom. The van der Waals surface area contributed by atoms with Gasteiger partial charge in [0.2, 0.25) is 0 Å². The molecule has 0 saturated carbocycles. The highest BCUT2D eigenvalue weighted by molar-refractivity contribution is 8.27. The Labute approximate surface area is 217 Å². The maximum absolute atomic E-state index is 13.2. The van der Waals surface area contributed by atoms with E-state index in [2.05, 4.69) is 0 Å². The van der Waals surface area contributed by atoms with Gasteiger partial charge in [-0.05, 0) is 48.4 Å². The van der Waals surface area contributed by atoms with Gasteiger partial charge in [0, 0.05) is 12.1 Å². The zero-order valence-electron chi connectivity index (χ0n) is 19.5. The van der Waals surface area contributed by atoms with Crippen molar-refractivity contribution in [2.75, 3.05) is 18.6 Å². The van der Waals surface area contributed by atoms with Gasteiger partial charge in [0.05, 0.1) is 29.2 Å². The lowest BCUT2D eigenvalue weighted by Gasteiger charge is -2.17. The van der Waals surface area contributed by atoms with Gasteiger partial charge in [-0.1, -0.05) is 54.3 Å². The predicted molar refractivity (Wildman–Crippen MR) is 144 cm³/mol. The molecule has 0 spiro atoms. The molecule has 0 aliphatic carbocycles. The fraction of sp³-hybridized carbons (Fsp3) is 0.154. The molecule has 10 heteroatoms. The normalized spacial score (nSPS) is 14.3. The van der Waals surface area contributed by atoms with E-state index in [-0.39, 0.29) is 18.2 Å². The van der Waals surface area contributed by atoms with E-state index in [0.29, 0.717) is 44.3 Å². The molecule has 1 fully saturated rings. The van der Waals surface area contributed by atoms with Crippen molar-refractivity contribution in [3.63, 3.8) is 0 Å². The Bertz CT molecular complexity index is 1360. The number of rotatable bonds is 9. The number of nitro benzene ring substituents is 1. The van der Waals surface area contributed by atoms with E-state index in [9.17, 15) is 14.9 Å². The van der Waals surface area contributed by atoms with Gasteiger partial charge >= 0.3 is 0 Å². The van der Waals surface area contributed by atoms with Crippen LogP contribution in [0.25, 0.3) is 6.08 Å². The number of para-hydroxylation sites is 2. The van der Waals surface area contributed by atoms with Gasteiger partial charge in [-0.15, -0.1) is 0 Å². The number of benzene rings is 3. The number of carbonyl (C=O) groups is 1. The molecule has 0 aromatic heterocycles. The van der Waals surface area contributed by atoms with Crippen molar-refractivity contribution in [1.29, 1.82) is 0 Å². The number of amides is 1. The summed E-state index contributed by atoms with van der Waals surface area (Å²) in [5.74, 6) is 1.30. The summed E-state index contributed by atoms with van der Waals surface area (Å²) < 4.78 is 17.5. The molecule has 0 N–H and O–H groups in total. The molecule has 4 rings (SSSR count).